The molecule has 1 aromatic carbocycles. The molecule has 2 rings (SSSR count). The first-order valence-electron chi connectivity index (χ1n) is 4.51. The van der Waals surface area contributed by atoms with Crippen LogP contribution in [0.5, 0.6) is 11.6 Å². The van der Waals surface area contributed by atoms with E-state index < -0.39 is 0 Å². The Balaban J connectivity index is 2.33. The summed E-state index contributed by atoms with van der Waals surface area (Å²) >= 11 is 18.6. The quantitative estimate of drug-likeness (QED) is 0.478. The van der Waals surface area contributed by atoms with E-state index in [4.69, 9.17) is 27.9 Å². The number of aromatic nitrogens is 1. The predicted octanol–water partition coefficient (Wildman–Crippen LogP) is 5.71. The van der Waals surface area contributed by atoms with Crippen LogP contribution in [-0.2, 0) is 0 Å². The van der Waals surface area contributed by atoms with E-state index in [1.165, 1.54) is 0 Å². The summed E-state index contributed by atoms with van der Waals surface area (Å²) in [6.07, 6.45) is 0. The third kappa shape index (κ3) is 3.35. The maximum Gasteiger partial charge on any atom is 0.220 e. The van der Waals surface area contributed by atoms with Crippen molar-refractivity contribution >= 4 is 55.1 Å². The topological polar surface area (TPSA) is 22.1 Å². The average Bonchev–Trinajstić information content (AvgIpc) is 2.26. The van der Waals surface area contributed by atoms with Crippen LogP contribution in [0.3, 0.4) is 0 Å². The van der Waals surface area contributed by atoms with E-state index in [1.807, 2.05) is 12.1 Å². The largest absolute Gasteiger partial charge is 0.437 e. The minimum atomic E-state index is 0.444. The lowest BCUT2D eigenvalue weighted by atomic mass is 10.3. The third-order valence-electron chi connectivity index (χ3n) is 1.88. The normalized spacial score (nSPS) is 10.4. The van der Waals surface area contributed by atoms with Crippen LogP contribution in [-0.4, -0.2) is 4.98 Å². The van der Waals surface area contributed by atoms with E-state index >= 15 is 0 Å². The molecule has 0 spiro atoms. The Hall–Kier alpha value is -0.290. The van der Waals surface area contributed by atoms with Gasteiger partial charge in [-0.1, -0.05) is 29.3 Å². The number of hydrogen-bond donors (Lipinski definition) is 0. The minimum absolute atomic E-state index is 0.444. The molecule has 0 radical (unpaired) electrons. The van der Waals surface area contributed by atoms with Crippen molar-refractivity contribution < 1.29 is 4.74 Å². The molecule has 0 N–H and O–H groups in total. The van der Waals surface area contributed by atoms with E-state index in [0.29, 0.717) is 26.3 Å². The van der Waals surface area contributed by atoms with Crippen LogP contribution in [0.25, 0.3) is 0 Å². The van der Waals surface area contributed by atoms with E-state index in [9.17, 15) is 0 Å². The highest BCUT2D eigenvalue weighted by atomic mass is 79.9. The van der Waals surface area contributed by atoms with Gasteiger partial charge in [0.05, 0.1) is 10.0 Å². The summed E-state index contributed by atoms with van der Waals surface area (Å²) in [7, 11) is 0. The molecule has 0 aliphatic rings. The smallest absolute Gasteiger partial charge is 0.220 e. The summed E-state index contributed by atoms with van der Waals surface area (Å²) in [5.41, 5.74) is 0. The van der Waals surface area contributed by atoms with Gasteiger partial charge in [-0.15, -0.1) is 0 Å². The van der Waals surface area contributed by atoms with Gasteiger partial charge in [-0.25, -0.2) is 4.98 Å². The molecule has 0 atom stereocenters. The lowest BCUT2D eigenvalue weighted by Gasteiger charge is -2.08. The fraction of sp³-hybridized carbons (Fsp3) is 0. The Morgan fingerprint density at radius 3 is 2.53 bits per heavy atom. The van der Waals surface area contributed by atoms with Gasteiger partial charge in [-0.3, -0.25) is 0 Å². The molecule has 1 heterocycles. The van der Waals surface area contributed by atoms with E-state index in [-0.39, 0.29) is 0 Å². The van der Waals surface area contributed by atoms with E-state index in [1.54, 1.807) is 18.2 Å². The zero-order chi connectivity index (χ0) is 12.4. The molecule has 0 bridgehead atoms. The molecule has 17 heavy (non-hydrogen) atoms. The van der Waals surface area contributed by atoms with Crippen molar-refractivity contribution in [2.75, 3.05) is 0 Å². The maximum atomic E-state index is 6.04. The first-order valence-corrected chi connectivity index (χ1v) is 6.85. The summed E-state index contributed by atoms with van der Waals surface area (Å²) in [5, 5.41) is 0.988. The van der Waals surface area contributed by atoms with Gasteiger partial charge < -0.3 is 4.74 Å². The molecule has 6 heteroatoms. The number of ether oxygens (including phenoxy) is 1. The first kappa shape index (κ1) is 13.1. The predicted molar refractivity (Wildman–Crippen MR) is 76.2 cm³/mol. The highest BCUT2D eigenvalue weighted by molar-refractivity contribution is 9.10. The zero-order valence-electron chi connectivity index (χ0n) is 8.25. The van der Waals surface area contributed by atoms with Gasteiger partial charge in [0.15, 0.2) is 0 Å². The van der Waals surface area contributed by atoms with Crippen LogP contribution in [0.1, 0.15) is 0 Å². The molecule has 0 aliphatic carbocycles. The Bertz CT molecular complexity index is 563. The van der Waals surface area contributed by atoms with Crippen molar-refractivity contribution in [2.45, 2.75) is 0 Å². The van der Waals surface area contributed by atoms with Crippen molar-refractivity contribution in [1.82, 2.24) is 4.98 Å². The van der Waals surface area contributed by atoms with Crippen molar-refractivity contribution in [3.8, 4) is 11.6 Å². The Morgan fingerprint density at radius 1 is 1.06 bits per heavy atom. The van der Waals surface area contributed by atoms with Gasteiger partial charge >= 0.3 is 0 Å². The lowest BCUT2D eigenvalue weighted by molar-refractivity contribution is 0.462. The lowest BCUT2D eigenvalue weighted by Crippen LogP contribution is -1.89. The van der Waals surface area contributed by atoms with Crippen LogP contribution in [0, 0.1) is 0 Å². The average molecular weight is 398 g/mol. The van der Waals surface area contributed by atoms with Gasteiger partial charge in [-0.05, 0) is 44.0 Å². The van der Waals surface area contributed by atoms with Crippen molar-refractivity contribution in [3.05, 3.63) is 49.5 Å². The van der Waals surface area contributed by atoms with E-state index in [2.05, 4.69) is 36.8 Å². The second-order valence-corrected chi connectivity index (χ2v) is 5.58. The van der Waals surface area contributed by atoms with Crippen molar-refractivity contribution in [3.63, 3.8) is 0 Å². The number of hydrogen-bond acceptors (Lipinski definition) is 2. The van der Waals surface area contributed by atoms with Gasteiger partial charge in [0.1, 0.15) is 10.4 Å². The SMILES string of the molecule is Clc1cc(Oc2cccc(Br)n2)c(Cl)cc1Br. The first-order chi connectivity index (χ1) is 8.06. The molecule has 0 saturated heterocycles. The molecular formula is C11H5Br2Cl2NO. The summed E-state index contributed by atoms with van der Waals surface area (Å²) in [6, 6.07) is 8.68. The van der Waals surface area contributed by atoms with Crippen LogP contribution in [0.15, 0.2) is 39.4 Å². The molecule has 0 amide bonds. The van der Waals surface area contributed by atoms with Crippen LogP contribution >= 0.6 is 55.1 Å². The maximum absolute atomic E-state index is 6.04. The molecule has 1 aromatic heterocycles. The van der Waals surface area contributed by atoms with Crippen LogP contribution in [0.2, 0.25) is 10.0 Å². The molecule has 0 aliphatic heterocycles. The number of nitrogens with zero attached hydrogens (tertiary/aromatic N) is 1. The highest BCUT2D eigenvalue weighted by Gasteiger charge is 2.08. The van der Waals surface area contributed by atoms with Crippen LogP contribution in [0.4, 0.5) is 0 Å². The monoisotopic (exact) mass is 395 g/mol. The number of rotatable bonds is 2. The summed E-state index contributed by atoms with van der Waals surface area (Å²) in [4.78, 5) is 4.14. The standard InChI is InChI=1S/C11H5Br2Cl2NO/c12-6-4-8(15)9(5-7(6)14)17-11-3-1-2-10(13)16-11/h1-5H. The highest BCUT2D eigenvalue weighted by Crippen LogP contribution is 2.36. The van der Waals surface area contributed by atoms with Gasteiger partial charge in [0, 0.05) is 16.6 Å². The number of pyridine rings is 1. The fourth-order valence-corrected chi connectivity index (χ4v) is 2.30. The van der Waals surface area contributed by atoms with Crippen LogP contribution < -0.4 is 4.74 Å². The molecular weight excluding hydrogens is 393 g/mol. The summed E-state index contributed by atoms with van der Waals surface area (Å²) in [6.45, 7) is 0. The second kappa shape index (κ2) is 5.57. The van der Waals surface area contributed by atoms with Gasteiger partial charge in [0.2, 0.25) is 5.88 Å². The Kier molecular flexibility index (Phi) is 4.31. The Morgan fingerprint density at radius 2 is 1.82 bits per heavy atom. The molecule has 2 aromatic rings. The molecule has 88 valence electrons. The van der Waals surface area contributed by atoms with Gasteiger partial charge in [0.25, 0.3) is 0 Å². The fourth-order valence-electron chi connectivity index (χ4n) is 1.14. The molecule has 0 saturated carbocycles. The van der Waals surface area contributed by atoms with Crippen molar-refractivity contribution in [2.24, 2.45) is 0 Å². The number of halogens is 4. The Labute approximate surface area is 125 Å². The number of benzene rings is 1. The second-order valence-electron chi connectivity index (χ2n) is 3.10. The molecule has 2 nitrogen and oxygen atoms in total. The van der Waals surface area contributed by atoms with Gasteiger partial charge in [-0.2, -0.15) is 0 Å². The third-order valence-corrected chi connectivity index (χ3v) is 3.81. The van der Waals surface area contributed by atoms with E-state index in [0.717, 1.165) is 4.47 Å². The van der Waals surface area contributed by atoms with Crippen molar-refractivity contribution in [1.29, 1.82) is 0 Å². The minimum Gasteiger partial charge on any atom is -0.437 e. The molecule has 0 unspecified atom stereocenters. The zero-order valence-corrected chi connectivity index (χ0v) is 12.9. The molecule has 0 fully saturated rings. The summed E-state index contributed by atoms with van der Waals surface area (Å²) in [5.74, 6) is 0.908. The summed E-state index contributed by atoms with van der Waals surface area (Å²) < 4.78 is 6.96.